The van der Waals surface area contributed by atoms with E-state index in [0.717, 1.165) is 12.0 Å². The van der Waals surface area contributed by atoms with Crippen LogP contribution in [0.15, 0.2) is 11.6 Å². The van der Waals surface area contributed by atoms with E-state index in [1.807, 2.05) is 13.8 Å². The lowest BCUT2D eigenvalue weighted by molar-refractivity contribution is -0.149. The molecule has 0 fully saturated rings. The zero-order valence-corrected chi connectivity index (χ0v) is 11.2. The number of ketones is 1. The molecule has 0 bridgehead atoms. The first-order chi connectivity index (χ1) is 7.95. The van der Waals surface area contributed by atoms with Gasteiger partial charge in [-0.1, -0.05) is 19.4 Å². The number of ether oxygens (including phenoxy) is 1. The SMILES string of the molecule is CCOC(=O)[C@H]1C(C)=CC(=O)C[C@H]1CC(C)C. The Morgan fingerprint density at radius 3 is 2.71 bits per heavy atom. The summed E-state index contributed by atoms with van der Waals surface area (Å²) >= 11 is 0. The lowest BCUT2D eigenvalue weighted by atomic mass is 9.75. The highest BCUT2D eigenvalue weighted by molar-refractivity contribution is 5.94. The molecule has 0 unspecified atom stereocenters. The van der Waals surface area contributed by atoms with Crippen LogP contribution in [0.4, 0.5) is 0 Å². The molecule has 1 aliphatic rings. The van der Waals surface area contributed by atoms with Gasteiger partial charge < -0.3 is 4.74 Å². The van der Waals surface area contributed by atoms with Crippen LogP contribution in [0.1, 0.15) is 40.5 Å². The molecule has 96 valence electrons. The third-order valence-corrected chi connectivity index (χ3v) is 3.13. The Bertz CT molecular complexity index is 328. The van der Waals surface area contributed by atoms with Gasteiger partial charge in [-0.3, -0.25) is 9.59 Å². The van der Waals surface area contributed by atoms with Gasteiger partial charge in [0.05, 0.1) is 12.5 Å². The van der Waals surface area contributed by atoms with Crippen LogP contribution in [0, 0.1) is 17.8 Å². The quantitative estimate of drug-likeness (QED) is 0.707. The maximum atomic E-state index is 11.9. The van der Waals surface area contributed by atoms with Crippen LogP contribution in [0.3, 0.4) is 0 Å². The van der Waals surface area contributed by atoms with Gasteiger partial charge in [0.25, 0.3) is 0 Å². The van der Waals surface area contributed by atoms with Crippen molar-refractivity contribution in [3.63, 3.8) is 0 Å². The minimum atomic E-state index is -0.227. The van der Waals surface area contributed by atoms with Gasteiger partial charge in [0.1, 0.15) is 0 Å². The maximum Gasteiger partial charge on any atom is 0.313 e. The van der Waals surface area contributed by atoms with Gasteiger partial charge >= 0.3 is 5.97 Å². The molecule has 2 atom stereocenters. The number of carbonyl (C=O) groups excluding carboxylic acids is 2. The molecule has 1 aliphatic carbocycles. The zero-order chi connectivity index (χ0) is 13.0. The van der Waals surface area contributed by atoms with Crippen molar-refractivity contribution < 1.29 is 14.3 Å². The Balaban J connectivity index is 2.88. The number of carbonyl (C=O) groups is 2. The number of allylic oxidation sites excluding steroid dienone is 1. The summed E-state index contributed by atoms with van der Waals surface area (Å²) in [5.74, 6) is 0.310. The summed E-state index contributed by atoms with van der Waals surface area (Å²) in [6, 6.07) is 0. The summed E-state index contributed by atoms with van der Waals surface area (Å²) in [6.45, 7) is 8.28. The van der Waals surface area contributed by atoms with Crippen molar-refractivity contribution in [2.45, 2.75) is 40.5 Å². The minimum Gasteiger partial charge on any atom is -0.466 e. The van der Waals surface area contributed by atoms with Gasteiger partial charge in [0.15, 0.2) is 5.78 Å². The molecule has 0 aliphatic heterocycles. The number of esters is 1. The summed E-state index contributed by atoms with van der Waals surface area (Å²) in [4.78, 5) is 23.5. The van der Waals surface area contributed by atoms with E-state index in [0.29, 0.717) is 18.9 Å². The first-order valence-corrected chi connectivity index (χ1v) is 6.33. The summed E-state index contributed by atoms with van der Waals surface area (Å²) in [6.07, 6.45) is 2.96. The molecule has 0 aromatic rings. The zero-order valence-electron chi connectivity index (χ0n) is 11.2. The van der Waals surface area contributed by atoms with Crippen LogP contribution in [0.5, 0.6) is 0 Å². The van der Waals surface area contributed by atoms with Gasteiger partial charge in [-0.15, -0.1) is 0 Å². The van der Waals surface area contributed by atoms with E-state index in [1.165, 1.54) is 0 Å². The highest BCUT2D eigenvalue weighted by Crippen LogP contribution is 2.34. The van der Waals surface area contributed by atoms with Crippen LogP contribution in [0.2, 0.25) is 0 Å². The maximum absolute atomic E-state index is 11.9. The molecule has 0 heterocycles. The molecule has 3 heteroatoms. The minimum absolute atomic E-state index is 0.103. The molecule has 0 aromatic carbocycles. The van der Waals surface area contributed by atoms with E-state index >= 15 is 0 Å². The van der Waals surface area contributed by atoms with E-state index in [9.17, 15) is 9.59 Å². The molecule has 0 spiro atoms. The molecular weight excluding hydrogens is 216 g/mol. The van der Waals surface area contributed by atoms with Crippen molar-refractivity contribution in [2.75, 3.05) is 6.61 Å². The average Bonchev–Trinajstić information content (AvgIpc) is 2.15. The summed E-state index contributed by atoms with van der Waals surface area (Å²) < 4.78 is 5.11. The van der Waals surface area contributed by atoms with Gasteiger partial charge in [-0.2, -0.15) is 0 Å². The van der Waals surface area contributed by atoms with Crippen LogP contribution in [-0.2, 0) is 14.3 Å². The molecule has 17 heavy (non-hydrogen) atoms. The molecule has 3 nitrogen and oxygen atoms in total. The Hall–Kier alpha value is -1.12. The number of hydrogen-bond donors (Lipinski definition) is 0. The first-order valence-electron chi connectivity index (χ1n) is 6.33. The predicted molar refractivity (Wildman–Crippen MR) is 66.4 cm³/mol. The molecule has 0 saturated carbocycles. The van der Waals surface area contributed by atoms with Crippen molar-refractivity contribution in [3.8, 4) is 0 Å². The van der Waals surface area contributed by atoms with Gasteiger partial charge in [-0.25, -0.2) is 0 Å². The standard InChI is InChI=1S/C14H22O3/c1-5-17-14(16)13-10(4)7-12(15)8-11(13)6-9(2)3/h7,9,11,13H,5-6,8H2,1-4H3/t11-,13+/m1/s1. The lowest BCUT2D eigenvalue weighted by Crippen LogP contribution is -2.32. The smallest absolute Gasteiger partial charge is 0.313 e. The predicted octanol–water partition coefficient (Wildman–Crippen LogP) is 2.75. The molecule has 1 rings (SSSR count). The molecular formula is C14H22O3. The molecule has 0 saturated heterocycles. The van der Waals surface area contributed by atoms with Crippen molar-refractivity contribution in [1.82, 2.24) is 0 Å². The van der Waals surface area contributed by atoms with Crippen molar-refractivity contribution >= 4 is 11.8 Å². The fourth-order valence-electron chi connectivity index (χ4n) is 2.59. The molecule has 0 radical (unpaired) electrons. The third kappa shape index (κ3) is 3.69. The first kappa shape index (κ1) is 13.9. The second kappa shape index (κ2) is 5.99. The average molecular weight is 238 g/mol. The largest absolute Gasteiger partial charge is 0.466 e. The number of rotatable bonds is 4. The summed E-state index contributed by atoms with van der Waals surface area (Å²) in [7, 11) is 0. The Morgan fingerprint density at radius 1 is 1.53 bits per heavy atom. The van der Waals surface area contributed by atoms with Crippen molar-refractivity contribution in [1.29, 1.82) is 0 Å². The number of hydrogen-bond acceptors (Lipinski definition) is 3. The van der Waals surface area contributed by atoms with Gasteiger partial charge in [0, 0.05) is 6.42 Å². The van der Waals surface area contributed by atoms with E-state index in [1.54, 1.807) is 6.08 Å². The van der Waals surface area contributed by atoms with Crippen LogP contribution >= 0.6 is 0 Å². The summed E-state index contributed by atoms with van der Waals surface area (Å²) in [5, 5.41) is 0. The van der Waals surface area contributed by atoms with Crippen molar-refractivity contribution in [3.05, 3.63) is 11.6 Å². The van der Waals surface area contributed by atoms with Crippen LogP contribution < -0.4 is 0 Å². The summed E-state index contributed by atoms with van der Waals surface area (Å²) in [5.41, 5.74) is 0.852. The monoisotopic (exact) mass is 238 g/mol. The fourth-order valence-corrected chi connectivity index (χ4v) is 2.59. The third-order valence-electron chi connectivity index (χ3n) is 3.13. The van der Waals surface area contributed by atoms with Gasteiger partial charge in [0.2, 0.25) is 0 Å². The highest BCUT2D eigenvalue weighted by Gasteiger charge is 2.35. The lowest BCUT2D eigenvalue weighted by Gasteiger charge is -2.30. The van der Waals surface area contributed by atoms with Crippen LogP contribution in [0.25, 0.3) is 0 Å². The second-order valence-corrected chi connectivity index (χ2v) is 5.18. The molecule has 0 aromatic heterocycles. The Kier molecular flexibility index (Phi) is 4.91. The Morgan fingerprint density at radius 2 is 2.18 bits per heavy atom. The van der Waals surface area contributed by atoms with Crippen molar-refractivity contribution in [2.24, 2.45) is 17.8 Å². The topological polar surface area (TPSA) is 43.4 Å². The fraction of sp³-hybridized carbons (Fsp3) is 0.714. The normalized spacial score (nSPS) is 24.8. The van der Waals surface area contributed by atoms with Gasteiger partial charge in [-0.05, 0) is 38.2 Å². The van der Waals surface area contributed by atoms with E-state index in [2.05, 4.69) is 13.8 Å². The molecule has 0 N–H and O–H groups in total. The van der Waals surface area contributed by atoms with E-state index in [4.69, 9.17) is 4.74 Å². The van der Waals surface area contributed by atoms with E-state index < -0.39 is 0 Å². The van der Waals surface area contributed by atoms with Crippen LogP contribution in [-0.4, -0.2) is 18.4 Å². The van der Waals surface area contributed by atoms with E-state index in [-0.39, 0.29) is 23.6 Å². The highest BCUT2D eigenvalue weighted by atomic mass is 16.5. The Labute approximate surface area is 103 Å². The second-order valence-electron chi connectivity index (χ2n) is 5.18. The molecule has 0 amide bonds.